The van der Waals surface area contributed by atoms with Gasteiger partial charge in [0.05, 0.1) is 28.9 Å². The van der Waals surface area contributed by atoms with Crippen molar-refractivity contribution in [1.82, 2.24) is 20.5 Å². The summed E-state index contributed by atoms with van der Waals surface area (Å²) in [4.78, 5) is 28.9. The monoisotopic (exact) mass is 494 g/mol. The zero-order valence-corrected chi connectivity index (χ0v) is 21.4. The Morgan fingerprint density at radius 2 is 1.78 bits per heavy atom. The summed E-state index contributed by atoms with van der Waals surface area (Å²) in [6.07, 6.45) is 3.12. The second-order valence-electron chi connectivity index (χ2n) is 10.4. The average Bonchev–Trinajstić information content (AvgIpc) is 2.79. The number of primary amides is 1. The van der Waals surface area contributed by atoms with E-state index in [1.54, 1.807) is 38.1 Å². The number of hydrogen-bond donors (Lipinski definition) is 4. The molecule has 11 nitrogen and oxygen atoms in total. The van der Waals surface area contributed by atoms with Crippen molar-refractivity contribution in [1.29, 1.82) is 5.26 Å². The predicted octanol–water partition coefficient (Wildman–Crippen LogP) is 3.76. The summed E-state index contributed by atoms with van der Waals surface area (Å²) < 4.78 is 5.41. The molecule has 192 valence electrons. The van der Waals surface area contributed by atoms with E-state index in [0.717, 1.165) is 25.7 Å². The number of amides is 2. The fourth-order valence-corrected chi connectivity index (χ4v) is 3.91. The van der Waals surface area contributed by atoms with Crippen molar-refractivity contribution in [2.24, 2.45) is 5.73 Å². The summed E-state index contributed by atoms with van der Waals surface area (Å²) in [5.41, 5.74) is 5.01. The van der Waals surface area contributed by atoms with E-state index in [-0.39, 0.29) is 17.8 Å². The molecule has 0 bridgehead atoms. The number of hydrogen-bond acceptors (Lipinski definition) is 9. The summed E-state index contributed by atoms with van der Waals surface area (Å²) in [5.74, 6) is 0.102. The van der Waals surface area contributed by atoms with Crippen LogP contribution in [0.25, 0.3) is 0 Å². The van der Waals surface area contributed by atoms with Crippen LogP contribution in [0.15, 0.2) is 24.3 Å². The minimum Gasteiger partial charge on any atom is -0.444 e. The number of anilines is 3. The first-order chi connectivity index (χ1) is 16.9. The highest BCUT2D eigenvalue weighted by atomic mass is 16.6. The van der Waals surface area contributed by atoms with Crippen LogP contribution < -0.4 is 21.7 Å². The molecule has 1 fully saturated rings. The highest BCUT2D eigenvalue weighted by molar-refractivity contribution is 5.97. The summed E-state index contributed by atoms with van der Waals surface area (Å²) in [5, 5.41) is 27.0. The first kappa shape index (κ1) is 26.7. The molecule has 36 heavy (non-hydrogen) atoms. The molecule has 0 saturated heterocycles. The molecular formula is C25H34N8O3. The Bertz CT molecular complexity index is 1150. The molecule has 0 aromatic carbocycles. The zero-order valence-electron chi connectivity index (χ0n) is 21.4. The lowest BCUT2D eigenvalue weighted by molar-refractivity contribution is 0.0488. The Morgan fingerprint density at radius 3 is 2.42 bits per heavy atom. The molecule has 0 aliphatic heterocycles. The highest BCUT2D eigenvalue weighted by Gasteiger charge is 2.29. The molecule has 1 aliphatic rings. The lowest BCUT2D eigenvalue weighted by atomic mass is 9.90. The van der Waals surface area contributed by atoms with Crippen LogP contribution >= 0.6 is 0 Å². The molecule has 2 heterocycles. The van der Waals surface area contributed by atoms with Gasteiger partial charge in [-0.2, -0.15) is 5.26 Å². The van der Waals surface area contributed by atoms with E-state index in [9.17, 15) is 14.9 Å². The minimum absolute atomic E-state index is 0.0422. The van der Waals surface area contributed by atoms with Crippen molar-refractivity contribution in [3.63, 3.8) is 0 Å². The van der Waals surface area contributed by atoms with Crippen LogP contribution in [0, 0.1) is 11.3 Å². The number of carbonyl (C=O) groups is 2. The summed E-state index contributed by atoms with van der Waals surface area (Å²) in [6.45, 7) is 9.00. The third-order valence-electron chi connectivity index (χ3n) is 5.76. The largest absolute Gasteiger partial charge is 0.444 e. The van der Waals surface area contributed by atoms with Crippen LogP contribution in [0.5, 0.6) is 0 Å². The number of nitriles is 1. The maximum absolute atomic E-state index is 12.3. The first-order valence-electron chi connectivity index (χ1n) is 12.0. The number of aromatic nitrogens is 3. The van der Waals surface area contributed by atoms with Crippen LogP contribution in [0.3, 0.4) is 0 Å². The first-order valence-corrected chi connectivity index (χ1v) is 12.0. The Labute approximate surface area is 211 Å². The number of pyridine rings is 1. The maximum Gasteiger partial charge on any atom is 0.407 e. The van der Waals surface area contributed by atoms with Gasteiger partial charge in [-0.15, -0.1) is 10.2 Å². The van der Waals surface area contributed by atoms with E-state index < -0.39 is 23.0 Å². The van der Waals surface area contributed by atoms with E-state index in [2.05, 4.69) is 37.2 Å². The van der Waals surface area contributed by atoms with E-state index in [4.69, 9.17) is 10.5 Å². The van der Waals surface area contributed by atoms with Crippen molar-refractivity contribution >= 4 is 29.3 Å². The Morgan fingerprint density at radius 1 is 1.08 bits per heavy atom. The van der Waals surface area contributed by atoms with E-state index >= 15 is 0 Å². The number of nitrogens with zero attached hydrogens (tertiary/aromatic N) is 4. The number of alkyl carbamates (subject to hydrolysis) is 1. The molecule has 1 aliphatic carbocycles. The quantitative estimate of drug-likeness (QED) is 0.448. The normalized spacial score (nSPS) is 18.0. The molecule has 11 heteroatoms. The number of ether oxygens (including phenoxy) is 1. The highest BCUT2D eigenvalue weighted by Crippen LogP contribution is 2.27. The van der Waals surface area contributed by atoms with Crippen LogP contribution in [0.2, 0.25) is 0 Å². The lowest BCUT2D eigenvalue weighted by Crippen LogP contribution is -2.49. The van der Waals surface area contributed by atoms with Crippen molar-refractivity contribution in [2.75, 3.05) is 10.6 Å². The van der Waals surface area contributed by atoms with Gasteiger partial charge < -0.3 is 26.4 Å². The van der Waals surface area contributed by atoms with Gasteiger partial charge in [-0.25, -0.2) is 9.78 Å². The molecule has 5 N–H and O–H groups in total. The smallest absolute Gasteiger partial charge is 0.407 e. The Hall–Kier alpha value is -3.94. The maximum atomic E-state index is 12.3. The zero-order chi connectivity index (χ0) is 26.5. The Kier molecular flexibility index (Phi) is 7.97. The molecule has 1 saturated carbocycles. The number of nitrogens with two attached hydrogens (primary N) is 1. The van der Waals surface area contributed by atoms with Gasteiger partial charge in [-0.1, -0.05) is 18.9 Å². The van der Waals surface area contributed by atoms with Gasteiger partial charge >= 0.3 is 6.09 Å². The van der Waals surface area contributed by atoms with Crippen LogP contribution in [-0.4, -0.2) is 44.9 Å². The molecule has 0 radical (unpaired) electrons. The molecule has 2 amide bonds. The van der Waals surface area contributed by atoms with Crippen LogP contribution in [0.4, 0.5) is 22.1 Å². The third-order valence-corrected chi connectivity index (χ3v) is 5.76. The fraction of sp³-hybridized carbons (Fsp3) is 0.520. The molecule has 2 aromatic heterocycles. The Balaban J connectivity index is 1.82. The molecule has 0 spiro atoms. The summed E-state index contributed by atoms with van der Waals surface area (Å²) in [7, 11) is 0. The number of carbonyl (C=O) groups excluding carboxylic acids is 2. The van der Waals surface area contributed by atoms with Gasteiger partial charge in [0, 0.05) is 12.1 Å². The lowest BCUT2D eigenvalue weighted by Gasteiger charge is -2.33. The van der Waals surface area contributed by atoms with Crippen molar-refractivity contribution < 1.29 is 14.3 Å². The van der Waals surface area contributed by atoms with Gasteiger partial charge in [-0.05, 0) is 59.6 Å². The van der Waals surface area contributed by atoms with Gasteiger partial charge in [0.25, 0.3) is 5.91 Å². The molecule has 2 unspecified atom stereocenters. The fourth-order valence-electron chi connectivity index (χ4n) is 3.91. The third kappa shape index (κ3) is 7.04. The number of rotatable bonds is 7. The SMILES string of the molecule is CC(C)(C)OC(=O)NC1CCCCC1Nc1cc(Nc2cccc(C(C)(C)C#N)n2)c(C(N)=O)nn1. The van der Waals surface area contributed by atoms with E-state index in [1.165, 1.54) is 0 Å². The average molecular weight is 495 g/mol. The second kappa shape index (κ2) is 10.8. The second-order valence-corrected chi connectivity index (χ2v) is 10.4. The van der Waals surface area contributed by atoms with Crippen LogP contribution in [0.1, 0.15) is 76.5 Å². The summed E-state index contributed by atoms with van der Waals surface area (Å²) >= 11 is 0. The van der Waals surface area contributed by atoms with Crippen molar-refractivity contribution in [2.45, 2.75) is 83.4 Å². The van der Waals surface area contributed by atoms with Crippen LogP contribution in [-0.2, 0) is 10.2 Å². The minimum atomic E-state index is -0.787. The van der Waals surface area contributed by atoms with Gasteiger partial charge in [0.1, 0.15) is 11.4 Å². The number of nitrogens with one attached hydrogen (secondary N) is 3. The molecule has 2 atom stereocenters. The van der Waals surface area contributed by atoms with Gasteiger partial charge in [0.2, 0.25) is 0 Å². The molecule has 2 aromatic rings. The standard InChI is InChI=1S/C25H34N8O3/c1-24(2,3)36-23(35)30-16-10-7-6-9-15(16)28-20-13-17(21(22(27)34)33-32-20)29-19-12-8-11-18(31-19)25(4,5)14-26/h8,11-13,15-16H,6-7,9-10H2,1-5H3,(H2,27,34)(H,30,35)(H2,28,29,31,32). The predicted molar refractivity (Wildman–Crippen MR) is 136 cm³/mol. The van der Waals surface area contributed by atoms with E-state index in [1.807, 2.05) is 20.8 Å². The van der Waals surface area contributed by atoms with Crippen molar-refractivity contribution in [3.8, 4) is 6.07 Å². The van der Waals surface area contributed by atoms with Gasteiger partial charge in [-0.3, -0.25) is 4.79 Å². The molecular weight excluding hydrogens is 460 g/mol. The van der Waals surface area contributed by atoms with Crippen molar-refractivity contribution in [3.05, 3.63) is 35.7 Å². The topological polar surface area (TPSA) is 168 Å². The van der Waals surface area contributed by atoms with Gasteiger partial charge in [0.15, 0.2) is 11.5 Å². The molecule has 3 rings (SSSR count). The summed E-state index contributed by atoms with van der Waals surface area (Å²) in [6, 6.07) is 8.86. The van der Waals surface area contributed by atoms with E-state index in [0.29, 0.717) is 23.0 Å².